The van der Waals surface area contributed by atoms with Gasteiger partial charge in [0.25, 0.3) is 0 Å². The first-order valence-electron chi connectivity index (χ1n) is 11.1. The van der Waals surface area contributed by atoms with E-state index in [2.05, 4.69) is 6.92 Å². The molecule has 30 heavy (non-hydrogen) atoms. The Hall–Kier alpha value is -1.26. The molecule has 0 N–H and O–H groups in total. The van der Waals surface area contributed by atoms with Crippen molar-refractivity contribution in [1.29, 1.82) is 0 Å². The van der Waals surface area contributed by atoms with Crippen molar-refractivity contribution in [3.63, 3.8) is 0 Å². The van der Waals surface area contributed by atoms with Gasteiger partial charge in [0.15, 0.2) is 11.2 Å². The van der Waals surface area contributed by atoms with Gasteiger partial charge in [-0.1, -0.05) is 94.3 Å². The second-order valence-electron chi connectivity index (χ2n) is 8.26. The number of rotatable bonds is 15. The van der Waals surface area contributed by atoms with Crippen molar-refractivity contribution < 1.29 is 19.1 Å². The highest BCUT2D eigenvalue weighted by Crippen LogP contribution is 2.30. The van der Waals surface area contributed by atoms with E-state index in [0.29, 0.717) is 11.6 Å². The van der Waals surface area contributed by atoms with E-state index in [-0.39, 0.29) is 10.8 Å². The maximum atomic E-state index is 12.4. The Bertz CT molecular complexity index is 659. The van der Waals surface area contributed by atoms with Crippen LogP contribution in [-0.4, -0.2) is 18.5 Å². The largest absolute Gasteiger partial charge is 0.465 e. The number of carbonyl (C=O) groups excluding carboxylic acids is 2. The van der Waals surface area contributed by atoms with Crippen LogP contribution in [0.15, 0.2) is 18.2 Å². The van der Waals surface area contributed by atoms with Gasteiger partial charge >= 0.3 is 11.9 Å². The fraction of sp³-hybridized carbons (Fsp3) is 0.667. The molecular formula is C24H36Cl2O4. The molecule has 0 saturated heterocycles. The number of ether oxygens (including phenoxy) is 2. The van der Waals surface area contributed by atoms with Gasteiger partial charge in [0.05, 0.1) is 11.6 Å². The molecule has 170 valence electrons. The van der Waals surface area contributed by atoms with E-state index in [9.17, 15) is 9.59 Å². The Morgan fingerprint density at radius 1 is 0.833 bits per heavy atom. The van der Waals surface area contributed by atoms with Crippen LogP contribution in [-0.2, 0) is 14.3 Å². The van der Waals surface area contributed by atoms with E-state index >= 15 is 0 Å². The number of halogens is 2. The quantitative estimate of drug-likeness (QED) is 0.116. The molecule has 0 aliphatic heterocycles. The van der Waals surface area contributed by atoms with Crippen molar-refractivity contribution in [2.24, 2.45) is 5.41 Å². The van der Waals surface area contributed by atoms with Gasteiger partial charge in [-0.15, -0.1) is 0 Å². The SMILES string of the molecule is CCCCCCCCCCCCCOC(=O)C(C)(C)C(=O)Oc1cc(Cl)ccc1Cl. The second kappa shape index (κ2) is 14.7. The Labute approximate surface area is 191 Å². The molecule has 0 unspecified atom stereocenters. The molecule has 0 heterocycles. The molecule has 6 heteroatoms. The molecule has 1 aromatic carbocycles. The molecule has 0 bridgehead atoms. The molecule has 0 fully saturated rings. The van der Waals surface area contributed by atoms with Gasteiger partial charge in [-0.2, -0.15) is 0 Å². The van der Waals surface area contributed by atoms with Gasteiger partial charge in [-0.3, -0.25) is 9.59 Å². The van der Waals surface area contributed by atoms with Crippen molar-refractivity contribution in [3.05, 3.63) is 28.2 Å². The highest BCUT2D eigenvalue weighted by molar-refractivity contribution is 6.34. The third-order valence-corrected chi connectivity index (χ3v) is 5.64. The fourth-order valence-electron chi connectivity index (χ4n) is 2.98. The zero-order valence-electron chi connectivity index (χ0n) is 18.6. The number of carbonyl (C=O) groups is 2. The predicted octanol–water partition coefficient (Wildman–Crippen LogP) is 7.78. The van der Waals surface area contributed by atoms with Crippen LogP contribution >= 0.6 is 23.2 Å². The Balaban J connectivity index is 2.20. The minimum atomic E-state index is -1.43. The zero-order valence-corrected chi connectivity index (χ0v) is 20.1. The first-order valence-corrected chi connectivity index (χ1v) is 11.9. The molecule has 1 rings (SSSR count). The predicted molar refractivity (Wildman–Crippen MR) is 123 cm³/mol. The molecule has 0 saturated carbocycles. The second-order valence-corrected chi connectivity index (χ2v) is 9.10. The maximum absolute atomic E-state index is 12.4. The Kier molecular flexibility index (Phi) is 13.1. The molecule has 0 aromatic heterocycles. The van der Waals surface area contributed by atoms with Crippen molar-refractivity contribution in [1.82, 2.24) is 0 Å². The zero-order chi connectivity index (χ0) is 22.4. The summed E-state index contributed by atoms with van der Waals surface area (Å²) >= 11 is 11.9. The van der Waals surface area contributed by atoms with Gasteiger partial charge < -0.3 is 9.47 Å². The highest BCUT2D eigenvalue weighted by atomic mass is 35.5. The van der Waals surface area contributed by atoms with Crippen molar-refractivity contribution in [2.45, 2.75) is 91.4 Å². The van der Waals surface area contributed by atoms with Crippen LogP contribution in [0.2, 0.25) is 10.0 Å². The summed E-state index contributed by atoms with van der Waals surface area (Å²) in [6.07, 6.45) is 13.5. The highest BCUT2D eigenvalue weighted by Gasteiger charge is 2.40. The number of hydrogen-bond donors (Lipinski definition) is 0. The van der Waals surface area contributed by atoms with Crippen LogP contribution in [0.25, 0.3) is 0 Å². The first kappa shape index (κ1) is 26.8. The lowest BCUT2D eigenvalue weighted by atomic mass is 9.94. The maximum Gasteiger partial charge on any atom is 0.328 e. The molecule has 0 amide bonds. The monoisotopic (exact) mass is 458 g/mol. The van der Waals surface area contributed by atoms with Crippen LogP contribution in [0.4, 0.5) is 0 Å². The minimum absolute atomic E-state index is 0.125. The molecule has 0 radical (unpaired) electrons. The summed E-state index contributed by atoms with van der Waals surface area (Å²) < 4.78 is 10.6. The summed E-state index contributed by atoms with van der Waals surface area (Å²) in [5.74, 6) is -1.20. The van der Waals surface area contributed by atoms with E-state index in [0.717, 1.165) is 19.3 Å². The summed E-state index contributed by atoms with van der Waals surface area (Å²) in [6, 6.07) is 4.56. The van der Waals surface area contributed by atoms with Crippen molar-refractivity contribution in [3.8, 4) is 5.75 Å². The first-order chi connectivity index (χ1) is 14.3. The van der Waals surface area contributed by atoms with Crippen LogP contribution in [0.5, 0.6) is 5.75 Å². The molecule has 0 spiro atoms. The minimum Gasteiger partial charge on any atom is -0.465 e. The fourth-order valence-corrected chi connectivity index (χ4v) is 3.30. The standard InChI is InChI=1S/C24H36Cl2O4/c1-4-5-6-7-8-9-10-11-12-13-14-17-29-22(27)24(2,3)23(28)30-21-18-19(25)15-16-20(21)26/h15-16,18H,4-14,17H2,1-3H3. The lowest BCUT2D eigenvalue weighted by Crippen LogP contribution is -2.38. The summed E-state index contributed by atoms with van der Waals surface area (Å²) in [7, 11) is 0. The number of hydrogen-bond acceptors (Lipinski definition) is 4. The molecular weight excluding hydrogens is 423 g/mol. The molecule has 0 aliphatic carbocycles. The van der Waals surface area contributed by atoms with E-state index in [1.165, 1.54) is 77.3 Å². The molecule has 4 nitrogen and oxygen atoms in total. The number of unbranched alkanes of at least 4 members (excludes halogenated alkanes) is 10. The topological polar surface area (TPSA) is 52.6 Å². The van der Waals surface area contributed by atoms with E-state index in [1.54, 1.807) is 6.07 Å². The third kappa shape index (κ3) is 10.2. The van der Waals surface area contributed by atoms with Gasteiger partial charge in [-0.05, 0) is 32.4 Å². The Morgan fingerprint density at radius 3 is 1.93 bits per heavy atom. The normalized spacial score (nSPS) is 11.4. The lowest BCUT2D eigenvalue weighted by Gasteiger charge is -2.21. The van der Waals surface area contributed by atoms with Gasteiger partial charge in [0, 0.05) is 11.1 Å². The average molecular weight is 459 g/mol. The summed E-state index contributed by atoms with van der Waals surface area (Å²) in [4.78, 5) is 24.8. The number of esters is 2. The van der Waals surface area contributed by atoms with Gasteiger partial charge in [0.2, 0.25) is 0 Å². The van der Waals surface area contributed by atoms with Crippen molar-refractivity contribution in [2.75, 3.05) is 6.61 Å². The molecule has 0 aliphatic rings. The summed E-state index contributed by atoms with van der Waals surface area (Å²) in [5, 5.41) is 0.636. The van der Waals surface area contributed by atoms with Crippen LogP contribution < -0.4 is 4.74 Å². The van der Waals surface area contributed by atoms with Crippen LogP contribution in [0, 0.1) is 5.41 Å². The van der Waals surface area contributed by atoms with Crippen molar-refractivity contribution >= 4 is 35.1 Å². The third-order valence-electron chi connectivity index (χ3n) is 5.10. The number of benzene rings is 1. The molecule has 0 atom stereocenters. The van der Waals surface area contributed by atoms with E-state index < -0.39 is 17.4 Å². The molecule has 1 aromatic rings. The smallest absolute Gasteiger partial charge is 0.328 e. The summed E-state index contributed by atoms with van der Waals surface area (Å²) in [6.45, 7) is 5.51. The van der Waals surface area contributed by atoms with E-state index in [4.69, 9.17) is 32.7 Å². The Morgan fingerprint density at radius 2 is 1.37 bits per heavy atom. The van der Waals surface area contributed by atoms with Crippen LogP contribution in [0.1, 0.15) is 91.4 Å². The average Bonchev–Trinajstić information content (AvgIpc) is 2.71. The van der Waals surface area contributed by atoms with Gasteiger partial charge in [0.1, 0.15) is 0 Å². The van der Waals surface area contributed by atoms with E-state index in [1.807, 2.05) is 0 Å². The van der Waals surface area contributed by atoms with Crippen LogP contribution in [0.3, 0.4) is 0 Å². The van der Waals surface area contributed by atoms with Gasteiger partial charge in [-0.25, -0.2) is 0 Å². The lowest BCUT2D eigenvalue weighted by molar-refractivity contribution is -0.164. The summed E-state index contributed by atoms with van der Waals surface area (Å²) in [5.41, 5.74) is -1.43.